The van der Waals surface area contributed by atoms with E-state index < -0.39 is 0 Å². The second-order valence-corrected chi connectivity index (χ2v) is 7.44. The fourth-order valence-electron chi connectivity index (χ4n) is 2.82. The first-order valence-electron chi connectivity index (χ1n) is 8.61. The van der Waals surface area contributed by atoms with Gasteiger partial charge < -0.3 is 5.32 Å². The minimum atomic E-state index is -0.222. The molecule has 2 heterocycles. The van der Waals surface area contributed by atoms with E-state index in [1.807, 2.05) is 66.0 Å². The van der Waals surface area contributed by atoms with Crippen LogP contribution in [0.15, 0.2) is 72.1 Å². The fourth-order valence-corrected chi connectivity index (χ4v) is 3.84. The highest BCUT2D eigenvalue weighted by molar-refractivity contribution is 7.10. The molecule has 28 heavy (non-hydrogen) atoms. The first-order valence-corrected chi connectivity index (χ1v) is 9.87. The zero-order valence-electron chi connectivity index (χ0n) is 14.7. The van der Waals surface area contributed by atoms with E-state index in [-0.39, 0.29) is 18.5 Å². The SMILES string of the molecule is O=C(Cn1nnc(-c2ccccc2Cl)n1)N[C@@H](c1ccccc1)c1cccs1. The Balaban J connectivity index is 1.50. The Morgan fingerprint density at radius 1 is 1.07 bits per heavy atom. The van der Waals surface area contributed by atoms with Crippen molar-refractivity contribution in [3.05, 3.63) is 87.6 Å². The predicted molar refractivity (Wildman–Crippen MR) is 109 cm³/mol. The summed E-state index contributed by atoms with van der Waals surface area (Å²) in [5.41, 5.74) is 1.69. The molecule has 8 heteroatoms. The summed E-state index contributed by atoms with van der Waals surface area (Å²) in [5.74, 6) is 0.182. The van der Waals surface area contributed by atoms with Gasteiger partial charge in [0.15, 0.2) is 0 Å². The number of hydrogen-bond donors (Lipinski definition) is 1. The molecule has 0 aliphatic rings. The van der Waals surface area contributed by atoms with Gasteiger partial charge in [-0.1, -0.05) is 60.1 Å². The van der Waals surface area contributed by atoms with Crippen molar-refractivity contribution in [2.75, 3.05) is 0 Å². The number of nitrogens with one attached hydrogen (secondary N) is 1. The third kappa shape index (κ3) is 4.11. The molecular formula is C20H16ClN5OS. The zero-order valence-corrected chi connectivity index (χ0v) is 16.3. The lowest BCUT2D eigenvalue weighted by atomic mass is 10.1. The number of benzene rings is 2. The summed E-state index contributed by atoms with van der Waals surface area (Å²) in [4.78, 5) is 15.0. The lowest BCUT2D eigenvalue weighted by Gasteiger charge is -2.17. The van der Waals surface area contributed by atoms with E-state index in [4.69, 9.17) is 11.6 Å². The number of aromatic nitrogens is 4. The number of rotatable bonds is 6. The molecule has 1 atom stereocenters. The van der Waals surface area contributed by atoms with Crippen molar-refractivity contribution in [3.63, 3.8) is 0 Å². The molecule has 0 unspecified atom stereocenters. The van der Waals surface area contributed by atoms with Gasteiger partial charge in [0.25, 0.3) is 0 Å². The maximum Gasteiger partial charge on any atom is 0.244 e. The number of carbonyl (C=O) groups is 1. The minimum absolute atomic E-state index is 0.0356. The van der Waals surface area contributed by atoms with Crippen LogP contribution >= 0.6 is 22.9 Å². The average Bonchev–Trinajstić information content (AvgIpc) is 3.39. The summed E-state index contributed by atoms with van der Waals surface area (Å²) in [6.07, 6.45) is 0. The van der Waals surface area contributed by atoms with Gasteiger partial charge >= 0.3 is 0 Å². The van der Waals surface area contributed by atoms with Crippen LogP contribution in [0.1, 0.15) is 16.5 Å². The van der Waals surface area contributed by atoms with Gasteiger partial charge in [0, 0.05) is 10.4 Å². The molecule has 0 aliphatic heterocycles. The van der Waals surface area contributed by atoms with Crippen LogP contribution in [0.5, 0.6) is 0 Å². The van der Waals surface area contributed by atoms with Gasteiger partial charge in [-0.05, 0) is 34.4 Å². The number of carbonyl (C=O) groups excluding carboxylic acids is 1. The Bertz CT molecular complexity index is 1070. The van der Waals surface area contributed by atoms with Crippen LogP contribution in [0.2, 0.25) is 5.02 Å². The largest absolute Gasteiger partial charge is 0.343 e. The standard InChI is InChI=1S/C20H16ClN5OS/c21-16-10-5-4-9-15(16)20-23-25-26(24-20)13-18(27)22-19(17-11-6-12-28-17)14-7-2-1-3-8-14/h1-12,19H,13H2,(H,22,27)/t19-/m0/s1. The molecule has 0 saturated heterocycles. The van der Waals surface area contributed by atoms with Crippen LogP contribution in [0.4, 0.5) is 0 Å². The molecule has 0 radical (unpaired) electrons. The van der Waals surface area contributed by atoms with Crippen LogP contribution in [0.3, 0.4) is 0 Å². The number of hydrogen-bond acceptors (Lipinski definition) is 5. The predicted octanol–water partition coefficient (Wildman–Crippen LogP) is 3.96. The molecule has 0 saturated carbocycles. The number of thiophene rings is 1. The van der Waals surface area contributed by atoms with Crippen molar-refractivity contribution >= 4 is 28.8 Å². The first-order chi connectivity index (χ1) is 13.7. The molecule has 2 aromatic heterocycles. The highest BCUT2D eigenvalue weighted by atomic mass is 35.5. The molecule has 0 aliphatic carbocycles. The summed E-state index contributed by atoms with van der Waals surface area (Å²) in [5, 5.41) is 17.8. The molecule has 4 rings (SSSR count). The molecule has 0 bridgehead atoms. The molecular weight excluding hydrogens is 394 g/mol. The monoisotopic (exact) mass is 409 g/mol. The van der Waals surface area contributed by atoms with Gasteiger partial charge in [-0.2, -0.15) is 4.80 Å². The highest BCUT2D eigenvalue weighted by Gasteiger charge is 2.19. The topological polar surface area (TPSA) is 72.7 Å². The Morgan fingerprint density at radius 2 is 1.86 bits per heavy atom. The van der Waals surface area contributed by atoms with Gasteiger partial charge in [-0.15, -0.1) is 21.5 Å². The Hall–Kier alpha value is -3.03. The minimum Gasteiger partial charge on any atom is -0.343 e. The second-order valence-electron chi connectivity index (χ2n) is 6.05. The maximum atomic E-state index is 12.6. The van der Waals surface area contributed by atoms with Crippen molar-refractivity contribution < 1.29 is 4.79 Å². The van der Waals surface area contributed by atoms with E-state index in [0.717, 1.165) is 10.4 Å². The molecule has 1 amide bonds. The Labute approximate surface area is 170 Å². The van der Waals surface area contributed by atoms with Gasteiger partial charge in [-0.25, -0.2) is 0 Å². The third-order valence-electron chi connectivity index (χ3n) is 4.12. The van der Waals surface area contributed by atoms with E-state index in [2.05, 4.69) is 20.7 Å². The quantitative estimate of drug-likeness (QED) is 0.523. The highest BCUT2D eigenvalue weighted by Crippen LogP contribution is 2.26. The van der Waals surface area contributed by atoms with Crippen LogP contribution in [0.25, 0.3) is 11.4 Å². The molecule has 4 aromatic rings. The zero-order chi connectivity index (χ0) is 19.3. The molecule has 0 spiro atoms. The number of amides is 1. The van der Waals surface area contributed by atoms with Crippen molar-refractivity contribution in [1.82, 2.24) is 25.5 Å². The number of halogens is 1. The molecule has 140 valence electrons. The van der Waals surface area contributed by atoms with Gasteiger partial charge in [-0.3, -0.25) is 4.79 Å². The molecule has 1 N–H and O–H groups in total. The van der Waals surface area contributed by atoms with Crippen molar-refractivity contribution in [1.29, 1.82) is 0 Å². The fraction of sp³-hybridized carbons (Fsp3) is 0.100. The van der Waals surface area contributed by atoms with E-state index >= 15 is 0 Å². The van der Waals surface area contributed by atoms with Crippen molar-refractivity contribution in [2.24, 2.45) is 0 Å². The number of tetrazole rings is 1. The summed E-state index contributed by atoms with van der Waals surface area (Å²) in [7, 11) is 0. The van der Waals surface area contributed by atoms with Crippen LogP contribution in [0, 0.1) is 0 Å². The third-order valence-corrected chi connectivity index (χ3v) is 5.39. The lowest BCUT2D eigenvalue weighted by Crippen LogP contribution is -2.32. The molecule has 6 nitrogen and oxygen atoms in total. The smallest absolute Gasteiger partial charge is 0.244 e. The van der Waals surface area contributed by atoms with E-state index in [9.17, 15) is 4.79 Å². The average molecular weight is 410 g/mol. The Kier molecular flexibility index (Phi) is 5.45. The van der Waals surface area contributed by atoms with Crippen molar-refractivity contribution in [2.45, 2.75) is 12.6 Å². The lowest BCUT2D eigenvalue weighted by molar-refractivity contribution is -0.122. The number of nitrogens with zero attached hydrogens (tertiary/aromatic N) is 4. The van der Waals surface area contributed by atoms with Gasteiger partial charge in [0.05, 0.1) is 11.1 Å². The summed E-state index contributed by atoms with van der Waals surface area (Å²) < 4.78 is 0. The van der Waals surface area contributed by atoms with Crippen LogP contribution < -0.4 is 5.32 Å². The normalized spacial score (nSPS) is 11.9. The molecule has 0 fully saturated rings. The maximum absolute atomic E-state index is 12.6. The van der Waals surface area contributed by atoms with Gasteiger partial charge in [0.1, 0.15) is 6.54 Å². The second kappa shape index (κ2) is 8.33. The van der Waals surface area contributed by atoms with E-state index in [1.165, 1.54) is 4.80 Å². The Morgan fingerprint density at radius 3 is 2.61 bits per heavy atom. The van der Waals surface area contributed by atoms with Gasteiger partial charge in [0.2, 0.25) is 11.7 Å². The summed E-state index contributed by atoms with van der Waals surface area (Å²) in [6.45, 7) is -0.0356. The summed E-state index contributed by atoms with van der Waals surface area (Å²) >= 11 is 7.77. The van der Waals surface area contributed by atoms with E-state index in [1.54, 1.807) is 17.4 Å². The van der Waals surface area contributed by atoms with Crippen LogP contribution in [-0.2, 0) is 11.3 Å². The molecule has 2 aromatic carbocycles. The first kappa shape index (κ1) is 18.3. The van der Waals surface area contributed by atoms with Crippen molar-refractivity contribution in [3.8, 4) is 11.4 Å². The summed E-state index contributed by atoms with van der Waals surface area (Å²) in [6, 6.07) is 20.9. The van der Waals surface area contributed by atoms with E-state index in [0.29, 0.717) is 16.4 Å². The van der Waals surface area contributed by atoms with Crippen LogP contribution in [-0.4, -0.2) is 26.1 Å².